The Kier molecular flexibility index (Phi) is 9.69. The maximum Gasteiger partial charge on any atom is 0.255 e. The fraction of sp³-hybridized carbons (Fsp3) is 0.667. The summed E-state index contributed by atoms with van der Waals surface area (Å²) < 4.78 is 5.30. The summed E-state index contributed by atoms with van der Waals surface area (Å²) in [5.41, 5.74) is 0.290. The number of benzene rings is 1. The normalized spacial score (nSPS) is 20.7. The summed E-state index contributed by atoms with van der Waals surface area (Å²) in [6.07, 6.45) is 3.83. The lowest BCUT2D eigenvalue weighted by Gasteiger charge is -2.45. The second kappa shape index (κ2) is 11.8. The number of ether oxygens (including phenoxy) is 1. The topological polar surface area (TPSA) is 70.7 Å². The minimum atomic E-state index is -0.583. The predicted octanol–water partition coefficient (Wildman–Crippen LogP) is 3.42. The van der Waals surface area contributed by atoms with Crippen LogP contribution >= 0.6 is 11.8 Å². The molecule has 2 amide bonds. The molecule has 1 aliphatic rings. The Balaban J connectivity index is 2.02. The fourth-order valence-corrected chi connectivity index (χ4v) is 4.74. The third kappa shape index (κ3) is 7.42. The van der Waals surface area contributed by atoms with Crippen molar-refractivity contribution in [1.82, 2.24) is 15.5 Å². The van der Waals surface area contributed by atoms with E-state index in [0.29, 0.717) is 36.1 Å². The fourth-order valence-electron chi connectivity index (χ4n) is 4.27. The highest BCUT2D eigenvalue weighted by Gasteiger charge is 2.33. The van der Waals surface area contributed by atoms with Crippen molar-refractivity contribution in [1.29, 1.82) is 0 Å². The van der Waals surface area contributed by atoms with Gasteiger partial charge in [-0.1, -0.05) is 26.0 Å². The number of carbonyl (C=O) groups excluding carboxylic acids is 2. The van der Waals surface area contributed by atoms with Gasteiger partial charge < -0.3 is 15.4 Å². The number of thioether (sulfide) groups is 1. The second-order valence-corrected chi connectivity index (χ2v) is 10.4. The van der Waals surface area contributed by atoms with Gasteiger partial charge in [0.1, 0.15) is 11.8 Å². The molecule has 3 atom stereocenters. The van der Waals surface area contributed by atoms with E-state index in [4.69, 9.17) is 4.74 Å². The highest BCUT2D eigenvalue weighted by atomic mass is 32.2. The quantitative estimate of drug-likeness (QED) is 0.573. The summed E-state index contributed by atoms with van der Waals surface area (Å²) in [5, 5.41) is 6.02. The van der Waals surface area contributed by atoms with Gasteiger partial charge >= 0.3 is 0 Å². The number of amides is 2. The van der Waals surface area contributed by atoms with E-state index < -0.39 is 6.04 Å². The third-order valence-corrected chi connectivity index (χ3v) is 6.65. The zero-order valence-corrected chi connectivity index (χ0v) is 20.7. The number of nitrogens with zero attached hydrogens (tertiary/aromatic N) is 1. The minimum Gasteiger partial charge on any atom is -0.496 e. The molecule has 1 aromatic carbocycles. The molecular weight excluding hydrogens is 410 g/mol. The number of piperidine rings is 1. The van der Waals surface area contributed by atoms with Gasteiger partial charge in [0.2, 0.25) is 5.91 Å². The average Bonchev–Trinajstić information content (AvgIpc) is 2.74. The molecule has 1 aliphatic heterocycles. The van der Waals surface area contributed by atoms with E-state index in [-0.39, 0.29) is 17.4 Å². The van der Waals surface area contributed by atoms with Gasteiger partial charge in [0.15, 0.2) is 0 Å². The maximum atomic E-state index is 13.0. The Bertz CT molecular complexity index is 731. The van der Waals surface area contributed by atoms with Crippen LogP contribution in [-0.4, -0.2) is 67.0 Å². The smallest absolute Gasteiger partial charge is 0.255 e. The molecule has 2 N–H and O–H groups in total. The highest BCUT2D eigenvalue weighted by Crippen LogP contribution is 2.27. The lowest BCUT2D eigenvalue weighted by Crippen LogP contribution is -2.58. The van der Waals surface area contributed by atoms with E-state index in [1.165, 1.54) is 13.5 Å². The zero-order valence-electron chi connectivity index (χ0n) is 19.9. The van der Waals surface area contributed by atoms with Crippen molar-refractivity contribution in [3.8, 4) is 5.75 Å². The first-order chi connectivity index (χ1) is 14.7. The number of hydrogen-bond donors (Lipinski definition) is 2. The van der Waals surface area contributed by atoms with Crippen molar-refractivity contribution in [3.63, 3.8) is 0 Å². The van der Waals surface area contributed by atoms with Crippen molar-refractivity contribution in [2.45, 2.75) is 52.1 Å². The van der Waals surface area contributed by atoms with Crippen LogP contribution in [0.3, 0.4) is 0 Å². The summed E-state index contributed by atoms with van der Waals surface area (Å²) in [6, 6.07) is 6.48. The monoisotopic (exact) mass is 449 g/mol. The van der Waals surface area contributed by atoms with Crippen molar-refractivity contribution in [3.05, 3.63) is 29.8 Å². The number of para-hydroxylation sites is 1. The molecule has 1 saturated heterocycles. The van der Waals surface area contributed by atoms with Crippen molar-refractivity contribution >= 4 is 23.6 Å². The molecule has 1 fully saturated rings. The summed E-state index contributed by atoms with van der Waals surface area (Å²) in [4.78, 5) is 28.4. The molecule has 1 aromatic rings. The Hall–Kier alpha value is -1.73. The molecule has 0 saturated carbocycles. The third-order valence-electron chi connectivity index (χ3n) is 6.00. The number of methoxy groups -OCH3 is 1. The van der Waals surface area contributed by atoms with Crippen molar-refractivity contribution < 1.29 is 14.3 Å². The standard InChI is InChI=1S/C24H39N3O3S/c1-17-13-18(2)15-27(14-17)24(3,4)16-25-23(29)20(11-12-31-6)26-22(28)19-9-7-8-10-21(19)30-5/h7-10,17-18,20H,11-16H2,1-6H3,(H,25,29)(H,26,28). The van der Waals surface area contributed by atoms with Crippen LogP contribution in [0.15, 0.2) is 24.3 Å². The van der Waals surface area contributed by atoms with E-state index in [0.717, 1.165) is 18.8 Å². The lowest BCUT2D eigenvalue weighted by atomic mass is 9.88. The van der Waals surface area contributed by atoms with Gasteiger partial charge in [0.05, 0.1) is 12.7 Å². The molecule has 0 aromatic heterocycles. The lowest BCUT2D eigenvalue weighted by molar-refractivity contribution is -0.123. The van der Waals surface area contributed by atoms with Gasteiger partial charge in [0.25, 0.3) is 5.91 Å². The molecular formula is C24H39N3O3S. The first-order valence-corrected chi connectivity index (χ1v) is 12.5. The average molecular weight is 450 g/mol. The van der Waals surface area contributed by atoms with Crippen LogP contribution in [0.2, 0.25) is 0 Å². The highest BCUT2D eigenvalue weighted by molar-refractivity contribution is 7.98. The van der Waals surface area contributed by atoms with Gasteiger partial charge in [-0.25, -0.2) is 0 Å². The van der Waals surface area contributed by atoms with Gasteiger partial charge in [-0.15, -0.1) is 0 Å². The van der Waals surface area contributed by atoms with E-state index in [1.807, 2.05) is 12.3 Å². The number of carbonyl (C=O) groups is 2. The number of nitrogens with one attached hydrogen (secondary N) is 2. The minimum absolute atomic E-state index is 0.136. The van der Waals surface area contributed by atoms with Crippen LogP contribution in [0.1, 0.15) is 50.9 Å². The summed E-state index contributed by atoms with van der Waals surface area (Å²) in [5.74, 6) is 2.18. The first kappa shape index (κ1) is 25.5. The van der Waals surface area contributed by atoms with E-state index in [2.05, 4.69) is 43.2 Å². The van der Waals surface area contributed by atoms with Gasteiger partial charge in [-0.3, -0.25) is 14.5 Å². The van der Waals surface area contributed by atoms with Crippen LogP contribution < -0.4 is 15.4 Å². The summed E-state index contributed by atoms with van der Waals surface area (Å²) in [6.45, 7) is 11.6. The molecule has 6 nitrogen and oxygen atoms in total. The first-order valence-electron chi connectivity index (χ1n) is 11.1. The van der Waals surface area contributed by atoms with E-state index >= 15 is 0 Å². The largest absolute Gasteiger partial charge is 0.496 e. The molecule has 3 unspecified atom stereocenters. The molecule has 0 radical (unpaired) electrons. The van der Waals surface area contributed by atoms with Gasteiger partial charge in [-0.05, 0) is 62.7 Å². The van der Waals surface area contributed by atoms with E-state index in [1.54, 1.807) is 30.0 Å². The number of hydrogen-bond acceptors (Lipinski definition) is 5. The van der Waals surface area contributed by atoms with E-state index in [9.17, 15) is 9.59 Å². The second-order valence-electron chi connectivity index (χ2n) is 9.39. The summed E-state index contributed by atoms with van der Waals surface area (Å²) in [7, 11) is 1.54. The Morgan fingerprint density at radius 1 is 1.23 bits per heavy atom. The van der Waals surface area contributed by atoms with Crippen molar-refractivity contribution in [2.75, 3.05) is 38.8 Å². The van der Waals surface area contributed by atoms with Crippen LogP contribution in [0, 0.1) is 11.8 Å². The predicted molar refractivity (Wildman–Crippen MR) is 129 cm³/mol. The van der Waals surface area contributed by atoms with Crippen LogP contribution in [0.4, 0.5) is 0 Å². The van der Waals surface area contributed by atoms with Gasteiger partial charge in [0, 0.05) is 25.2 Å². The molecule has 31 heavy (non-hydrogen) atoms. The zero-order chi connectivity index (χ0) is 23.0. The molecule has 0 aliphatic carbocycles. The van der Waals surface area contributed by atoms with Crippen LogP contribution in [0.5, 0.6) is 5.75 Å². The number of rotatable bonds is 10. The molecule has 0 spiro atoms. The van der Waals surface area contributed by atoms with Crippen LogP contribution in [-0.2, 0) is 4.79 Å². The maximum absolute atomic E-state index is 13.0. The Labute approximate surface area is 191 Å². The summed E-state index contributed by atoms with van der Waals surface area (Å²) >= 11 is 1.66. The van der Waals surface area contributed by atoms with Crippen LogP contribution in [0.25, 0.3) is 0 Å². The molecule has 7 heteroatoms. The molecule has 0 bridgehead atoms. The number of likely N-dealkylation sites (tertiary alicyclic amines) is 1. The van der Waals surface area contributed by atoms with Gasteiger partial charge in [-0.2, -0.15) is 11.8 Å². The Morgan fingerprint density at radius 2 is 1.87 bits per heavy atom. The Morgan fingerprint density at radius 3 is 2.48 bits per heavy atom. The molecule has 174 valence electrons. The van der Waals surface area contributed by atoms with Crippen molar-refractivity contribution in [2.24, 2.45) is 11.8 Å². The molecule has 2 rings (SSSR count). The SMILES string of the molecule is COc1ccccc1C(=O)NC(CCSC)C(=O)NCC(C)(C)N1CC(C)CC(C)C1. The molecule has 1 heterocycles.